The second-order valence-electron chi connectivity index (χ2n) is 8.22. The zero-order valence-electron chi connectivity index (χ0n) is 17.2. The molecule has 4 rings (SSSR count). The Labute approximate surface area is 181 Å². The molecule has 0 aliphatic carbocycles. The predicted molar refractivity (Wildman–Crippen MR) is 116 cm³/mol. The Morgan fingerprint density at radius 1 is 0.968 bits per heavy atom. The molecule has 0 radical (unpaired) electrons. The summed E-state index contributed by atoms with van der Waals surface area (Å²) in [5.74, 6) is 0.702. The van der Waals surface area contributed by atoms with Crippen LogP contribution in [-0.4, -0.2) is 14.3 Å². The van der Waals surface area contributed by atoms with Crippen LogP contribution in [0.15, 0.2) is 70.5 Å². The van der Waals surface area contributed by atoms with Gasteiger partial charge < -0.3 is 0 Å². The Balaban J connectivity index is 1.71. The van der Waals surface area contributed by atoms with Crippen LogP contribution < -0.4 is 10.5 Å². The van der Waals surface area contributed by atoms with E-state index in [2.05, 4.69) is 42.9 Å². The smallest absolute Gasteiger partial charge is 0.283 e. The lowest BCUT2D eigenvalue weighted by atomic mass is 10.2. The minimum absolute atomic E-state index is 0.0873. The molecule has 2 aromatic carbocycles. The van der Waals surface area contributed by atoms with Gasteiger partial charge in [-0.05, 0) is 42.5 Å². The lowest BCUT2D eigenvalue weighted by molar-refractivity contribution is -0.330. The zero-order valence-corrected chi connectivity index (χ0v) is 18.0. The first-order valence-corrected chi connectivity index (χ1v) is 10.5. The molecule has 160 valence electrons. The van der Waals surface area contributed by atoms with Crippen LogP contribution in [0.4, 0.5) is 13.2 Å². The van der Waals surface area contributed by atoms with E-state index in [1.807, 2.05) is 6.07 Å². The molecule has 4 nitrogen and oxygen atoms in total. The number of alkyl halides is 3. The number of nitrogens with zero attached hydrogens (tertiary/aromatic N) is 1. The third-order valence-corrected chi connectivity index (χ3v) is 5.71. The van der Waals surface area contributed by atoms with Crippen molar-refractivity contribution in [3.8, 4) is 17.1 Å². The number of hydrogen-bond acceptors (Lipinski definition) is 2. The minimum Gasteiger partial charge on any atom is -0.283 e. The second kappa shape index (κ2) is 7.60. The van der Waals surface area contributed by atoms with Crippen LogP contribution in [0.25, 0.3) is 28.1 Å². The quantitative estimate of drug-likeness (QED) is 0.412. The summed E-state index contributed by atoms with van der Waals surface area (Å²) in [6.45, 7) is 6.45. The van der Waals surface area contributed by atoms with E-state index in [0.717, 1.165) is 28.1 Å². The highest BCUT2D eigenvalue weighted by molar-refractivity contribution is 8.00. The Morgan fingerprint density at radius 3 is 2.32 bits per heavy atom. The van der Waals surface area contributed by atoms with Crippen molar-refractivity contribution in [2.75, 3.05) is 0 Å². The number of fused-ring (bicyclic) bond motifs is 1. The number of thioether (sulfide) groups is 1. The lowest BCUT2D eigenvalue weighted by Crippen LogP contribution is -2.17. The van der Waals surface area contributed by atoms with Gasteiger partial charge in [-0.2, -0.15) is 13.2 Å². The third kappa shape index (κ3) is 4.69. The fraction of sp³-hybridized carbons (Fsp3) is 0.217. The fourth-order valence-corrected chi connectivity index (χ4v) is 4.27. The molecule has 4 aromatic rings. The normalized spacial score (nSPS) is 12.5. The van der Waals surface area contributed by atoms with Crippen molar-refractivity contribution in [2.24, 2.45) is 0 Å². The Bertz CT molecular complexity index is 1300. The monoisotopic (exact) mass is 444 g/mol. The molecular weight excluding hydrogens is 423 g/mol. The molecule has 0 saturated carbocycles. The largest absolute Gasteiger partial charge is 0.416 e. The third-order valence-electron chi connectivity index (χ3n) is 4.61. The van der Waals surface area contributed by atoms with E-state index in [9.17, 15) is 18.0 Å². The van der Waals surface area contributed by atoms with Crippen molar-refractivity contribution in [3.63, 3.8) is 0 Å². The van der Waals surface area contributed by atoms with Gasteiger partial charge in [0, 0.05) is 33.7 Å². The van der Waals surface area contributed by atoms with Crippen molar-refractivity contribution < 1.29 is 18.2 Å². The van der Waals surface area contributed by atoms with Crippen molar-refractivity contribution in [1.82, 2.24) is 9.55 Å². The molecule has 2 aromatic heterocycles. The minimum atomic E-state index is -4.42. The van der Waals surface area contributed by atoms with Crippen molar-refractivity contribution >= 4 is 22.8 Å². The van der Waals surface area contributed by atoms with Gasteiger partial charge in [-0.15, -0.1) is 11.8 Å². The Hall–Kier alpha value is -3.00. The fourth-order valence-electron chi connectivity index (χ4n) is 3.25. The van der Waals surface area contributed by atoms with Crippen molar-refractivity contribution in [1.29, 1.82) is 0 Å². The number of hydrogen-bond donors (Lipinski definition) is 1. The molecule has 0 aliphatic heterocycles. The summed E-state index contributed by atoms with van der Waals surface area (Å²) in [6.07, 6.45) is -2.81. The Morgan fingerprint density at radius 2 is 1.68 bits per heavy atom. The van der Waals surface area contributed by atoms with Crippen LogP contribution >= 0.6 is 11.8 Å². The number of nitrogens with one attached hydrogen (secondary N) is 2. The van der Waals surface area contributed by atoms with E-state index in [4.69, 9.17) is 0 Å². The molecule has 0 saturated heterocycles. The number of halogens is 3. The number of aromatic nitrogens is 3. The first-order chi connectivity index (χ1) is 14.5. The zero-order chi connectivity index (χ0) is 22.4. The molecule has 0 bridgehead atoms. The van der Waals surface area contributed by atoms with Crippen LogP contribution in [0.1, 0.15) is 26.3 Å². The van der Waals surface area contributed by atoms with E-state index in [0.29, 0.717) is 17.1 Å². The number of benzene rings is 2. The van der Waals surface area contributed by atoms with E-state index < -0.39 is 11.7 Å². The molecule has 0 atom stereocenters. The number of aromatic amines is 2. The molecule has 0 unspecified atom stereocenters. The summed E-state index contributed by atoms with van der Waals surface area (Å²) in [7, 11) is 0. The number of rotatable bonds is 3. The van der Waals surface area contributed by atoms with Gasteiger partial charge in [0.25, 0.3) is 11.4 Å². The van der Waals surface area contributed by atoms with Crippen LogP contribution in [0, 0.1) is 0 Å². The molecule has 0 fully saturated rings. The SMILES string of the molecule is CC(C)(C)Sc1ccc2[nH+]c(-c3ccc(=O)n(-c4ccc(C(F)(F)F)cc4)c3)[nH]c2c1. The van der Waals surface area contributed by atoms with E-state index in [1.165, 1.54) is 22.8 Å². The van der Waals surface area contributed by atoms with Gasteiger partial charge in [-0.1, -0.05) is 20.8 Å². The molecular formula is C23H21F3N3OS+. The van der Waals surface area contributed by atoms with Crippen LogP contribution in [0.5, 0.6) is 0 Å². The molecule has 2 heterocycles. The number of imidazole rings is 1. The summed E-state index contributed by atoms with van der Waals surface area (Å²) >= 11 is 1.77. The summed E-state index contributed by atoms with van der Waals surface area (Å²) in [5.41, 5.74) is 1.83. The van der Waals surface area contributed by atoms with Crippen molar-refractivity contribution in [3.05, 3.63) is 76.7 Å². The van der Waals surface area contributed by atoms with Crippen molar-refractivity contribution in [2.45, 2.75) is 36.6 Å². The van der Waals surface area contributed by atoms with E-state index in [-0.39, 0.29) is 10.3 Å². The maximum atomic E-state index is 12.8. The molecule has 0 aliphatic rings. The average Bonchev–Trinajstić information content (AvgIpc) is 3.10. The highest BCUT2D eigenvalue weighted by Gasteiger charge is 2.30. The number of H-pyrrole nitrogens is 2. The maximum absolute atomic E-state index is 12.8. The molecule has 31 heavy (non-hydrogen) atoms. The summed E-state index contributed by atoms with van der Waals surface area (Å²) in [4.78, 5) is 20.1. The summed E-state index contributed by atoms with van der Waals surface area (Å²) < 4.78 is 39.9. The van der Waals surface area contributed by atoms with Gasteiger partial charge in [-0.25, -0.2) is 9.97 Å². The lowest BCUT2D eigenvalue weighted by Gasteiger charge is -2.16. The van der Waals surface area contributed by atoms with Crippen LogP contribution in [0.3, 0.4) is 0 Å². The molecule has 0 spiro atoms. The molecule has 8 heteroatoms. The molecule has 2 N–H and O–H groups in total. The van der Waals surface area contributed by atoms with Gasteiger partial charge in [-0.3, -0.25) is 9.36 Å². The highest BCUT2D eigenvalue weighted by atomic mass is 32.2. The van der Waals surface area contributed by atoms with E-state index in [1.54, 1.807) is 24.0 Å². The van der Waals surface area contributed by atoms with Gasteiger partial charge in [0.05, 0.1) is 11.1 Å². The molecule has 0 amide bonds. The van der Waals surface area contributed by atoms with Gasteiger partial charge in [0.1, 0.15) is 0 Å². The topological polar surface area (TPSA) is 51.9 Å². The standard InChI is InChI=1S/C23H20F3N3OS/c1-22(2,3)31-17-9-10-18-19(12-17)28-21(27-18)14-4-11-20(30)29(13-14)16-7-5-15(6-8-16)23(24,25)26/h4-13H,1-3H3,(H,27,28)/p+1. The van der Waals surface area contributed by atoms with Gasteiger partial charge in [0.2, 0.25) is 0 Å². The maximum Gasteiger partial charge on any atom is 0.416 e. The van der Waals surface area contributed by atoms with Gasteiger partial charge in [0.15, 0.2) is 11.0 Å². The average molecular weight is 445 g/mol. The summed E-state index contributed by atoms with van der Waals surface area (Å²) in [6, 6.07) is 13.7. The highest BCUT2D eigenvalue weighted by Crippen LogP contribution is 2.33. The first kappa shape index (κ1) is 21.2. The van der Waals surface area contributed by atoms with Crippen LogP contribution in [-0.2, 0) is 6.18 Å². The predicted octanol–water partition coefficient (Wildman–Crippen LogP) is 5.71. The van der Waals surface area contributed by atoms with Crippen LogP contribution in [0.2, 0.25) is 0 Å². The van der Waals surface area contributed by atoms with E-state index >= 15 is 0 Å². The first-order valence-electron chi connectivity index (χ1n) is 9.64. The summed E-state index contributed by atoms with van der Waals surface area (Å²) in [5, 5.41) is 0. The Kier molecular flexibility index (Phi) is 5.21. The number of pyridine rings is 1. The second-order valence-corrected chi connectivity index (χ2v) is 10.1. The van der Waals surface area contributed by atoms with Gasteiger partial charge >= 0.3 is 6.18 Å².